The first-order valence-electron chi connectivity index (χ1n) is 12.0. The van der Waals surface area contributed by atoms with E-state index in [1.54, 1.807) is 6.92 Å². The van der Waals surface area contributed by atoms with Crippen LogP contribution in [0.25, 0.3) is 0 Å². The van der Waals surface area contributed by atoms with E-state index >= 15 is 0 Å². The van der Waals surface area contributed by atoms with Crippen molar-refractivity contribution < 1.29 is 41.7 Å². The molecule has 0 heterocycles. The summed E-state index contributed by atoms with van der Waals surface area (Å²) in [6.45, 7) is 7.72. The minimum atomic E-state index is -5.96. The minimum Gasteiger partial charge on any atom is -0.393 e. The van der Waals surface area contributed by atoms with Gasteiger partial charge < -0.3 is 15.3 Å². The van der Waals surface area contributed by atoms with Crippen molar-refractivity contribution in [1.29, 1.82) is 0 Å². The van der Waals surface area contributed by atoms with Crippen LogP contribution < -0.4 is 0 Å². The van der Waals surface area contributed by atoms with Crippen LogP contribution in [0.3, 0.4) is 0 Å². The molecule has 2 saturated carbocycles. The van der Waals surface area contributed by atoms with Crippen molar-refractivity contribution >= 4 is 0 Å². The Morgan fingerprint density at radius 2 is 1.81 bits per heavy atom. The molecule has 0 aromatic carbocycles. The van der Waals surface area contributed by atoms with Crippen molar-refractivity contribution in [3.05, 3.63) is 47.1 Å². The van der Waals surface area contributed by atoms with Crippen LogP contribution in [0.2, 0.25) is 0 Å². The standard InChI is InChI=1S/C27H32F6O3/c1-16(6-4-13-25(36,26(28,29)30)27(31,32)33)21-10-11-22-18(7-5-12-24(21,22)3)8-9-19-14-20(34)15-23(35)17(19)2/h8-10,16,20,22-23,34-36H,2,5-7,11-12,14-15H2,1,3H3/b18-8+,19-9-/t16-,20-,22?,23+,24-/m1/s1. The summed E-state index contributed by atoms with van der Waals surface area (Å²) >= 11 is 0. The number of hydrogen-bond acceptors (Lipinski definition) is 3. The zero-order valence-electron chi connectivity index (χ0n) is 20.3. The third-order valence-electron chi connectivity index (χ3n) is 7.90. The normalized spacial score (nSPS) is 32.7. The van der Waals surface area contributed by atoms with Crippen LogP contribution in [0, 0.1) is 29.1 Å². The Hall–Kier alpha value is -2.02. The smallest absolute Gasteiger partial charge is 0.393 e. The zero-order valence-corrected chi connectivity index (χ0v) is 20.3. The number of alkyl halides is 6. The molecule has 0 spiro atoms. The van der Waals surface area contributed by atoms with Crippen LogP contribution in [-0.4, -0.2) is 45.5 Å². The van der Waals surface area contributed by atoms with E-state index in [9.17, 15) is 41.7 Å². The third-order valence-corrected chi connectivity index (χ3v) is 7.90. The molecule has 3 rings (SSSR count). The Morgan fingerprint density at radius 1 is 1.17 bits per heavy atom. The maximum atomic E-state index is 12.9. The van der Waals surface area contributed by atoms with Gasteiger partial charge in [-0.1, -0.05) is 55.7 Å². The van der Waals surface area contributed by atoms with E-state index in [4.69, 9.17) is 0 Å². The molecule has 3 N–H and O–H groups in total. The van der Waals surface area contributed by atoms with E-state index in [0.717, 1.165) is 36.3 Å². The van der Waals surface area contributed by atoms with E-state index < -0.39 is 30.2 Å². The van der Waals surface area contributed by atoms with Gasteiger partial charge in [0.1, 0.15) is 0 Å². The molecule has 5 atom stereocenters. The first kappa shape index (κ1) is 28.5. The predicted octanol–water partition coefficient (Wildman–Crippen LogP) is 5.93. The van der Waals surface area contributed by atoms with Crippen molar-refractivity contribution in [3.63, 3.8) is 0 Å². The molecule has 0 saturated heterocycles. The van der Waals surface area contributed by atoms with Crippen LogP contribution in [0.15, 0.2) is 47.1 Å². The lowest BCUT2D eigenvalue weighted by Crippen LogP contribution is -2.55. The summed E-state index contributed by atoms with van der Waals surface area (Å²) in [5.74, 6) is 2.75. The van der Waals surface area contributed by atoms with Gasteiger partial charge in [0.25, 0.3) is 0 Å². The second-order valence-electron chi connectivity index (χ2n) is 10.4. The third kappa shape index (κ3) is 5.32. The van der Waals surface area contributed by atoms with Gasteiger partial charge in [-0.3, -0.25) is 0 Å². The molecule has 3 nitrogen and oxygen atoms in total. The van der Waals surface area contributed by atoms with Gasteiger partial charge in [0.05, 0.1) is 12.2 Å². The summed E-state index contributed by atoms with van der Waals surface area (Å²) in [6, 6.07) is 0. The van der Waals surface area contributed by atoms with Crippen molar-refractivity contribution in [2.75, 3.05) is 0 Å². The van der Waals surface area contributed by atoms with E-state index in [1.807, 2.05) is 24.1 Å². The molecular formula is C27H32F6O3. The van der Waals surface area contributed by atoms with Gasteiger partial charge in [-0.15, -0.1) is 0 Å². The Bertz CT molecular complexity index is 1010. The van der Waals surface area contributed by atoms with Gasteiger partial charge in [-0.05, 0) is 66.4 Å². The number of fused-ring (bicyclic) bond motifs is 1. The first-order valence-corrected chi connectivity index (χ1v) is 12.0. The summed E-state index contributed by atoms with van der Waals surface area (Å²) in [4.78, 5) is 0. The predicted molar refractivity (Wildman–Crippen MR) is 123 cm³/mol. The summed E-state index contributed by atoms with van der Waals surface area (Å²) < 4.78 is 77.4. The van der Waals surface area contributed by atoms with Crippen LogP contribution in [0.1, 0.15) is 58.8 Å². The largest absolute Gasteiger partial charge is 0.438 e. The van der Waals surface area contributed by atoms with Gasteiger partial charge in [-0.25, -0.2) is 0 Å². The fraction of sp³-hybridized carbons (Fsp3) is 0.630. The average molecular weight is 519 g/mol. The molecule has 0 aliphatic heterocycles. The lowest BCUT2D eigenvalue weighted by molar-refractivity contribution is -0.343. The maximum Gasteiger partial charge on any atom is 0.438 e. The van der Waals surface area contributed by atoms with Gasteiger partial charge in [0.15, 0.2) is 0 Å². The van der Waals surface area contributed by atoms with E-state index in [0.29, 0.717) is 18.4 Å². The average Bonchev–Trinajstić information content (AvgIpc) is 3.11. The fourth-order valence-corrected chi connectivity index (χ4v) is 5.83. The maximum absolute atomic E-state index is 12.9. The topological polar surface area (TPSA) is 60.7 Å². The minimum absolute atomic E-state index is 0.127. The number of rotatable bonds is 3. The Labute approximate surface area is 207 Å². The number of aliphatic hydroxyl groups excluding tert-OH is 2. The molecule has 1 unspecified atom stereocenters. The lowest BCUT2D eigenvalue weighted by atomic mass is 9.62. The van der Waals surface area contributed by atoms with Gasteiger partial charge in [0, 0.05) is 12.8 Å². The SMILES string of the molecule is C=C1/C(=C\C=C2/CCC[C@]3(C)C([C@H](C)CC#CC(O)(C(F)(F)F)C(F)(F)F)=CCC23)C[C@@H](O)C[C@@H]1O. The van der Waals surface area contributed by atoms with E-state index in [1.165, 1.54) is 5.57 Å². The summed E-state index contributed by atoms with van der Waals surface area (Å²) in [7, 11) is 0. The van der Waals surface area contributed by atoms with Crippen molar-refractivity contribution in [3.8, 4) is 11.8 Å². The molecule has 36 heavy (non-hydrogen) atoms. The highest BCUT2D eigenvalue weighted by molar-refractivity contribution is 5.40. The zero-order chi connectivity index (χ0) is 27.1. The quantitative estimate of drug-likeness (QED) is 0.247. The summed E-state index contributed by atoms with van der Waals surface area (Å²) in [5, 5.41) is 29.3. The first-order chi connectivity index (χ1) is 16.5. The van der Waals surface area contributed by atoms with Crippen LogP contribution in [0.4, 0.5) is 26.3 Å². The molecule has 2 fully saturated rings. The van der Waals surface area contributed by atoms with Crippen molar-refractivity contribution in [1.82, 2.24) is 0 Å². The monoisotopic (exact) mass is 518 g/mol. The number of halogens is 6. The summed E-state index contributed by atoms with van der Waals surface area (Å²) in [6.07, 6.45) is -3.80. The van der Waals surface area contributed by atoms with E-state index in [2.05, 4.69) is 13.5 Å². The fourth-order valence-electron chi connectivity index (χ4n) is 5.83. The molecule has 0 amide bonds. The van der Waals surface area contributed by atoms with E-state index in [-0.39, 0.29) is 30.1 Å². The molecule has 200 valence electrons. The molecule has 3 aliphatic carbocycles. The summed E-state index contributed by atoms with van der Waals surface area (Å²) in [5.41, 5.74) is -1.86. The van der Waals surface area contributed by atoms with Crippen LogP contribution in [0.5, 0.6) is 0 Å². The van der Waals surface area contributed by atoms with Crippen molar-refractivity contribution in [2.24, 2.45) is 17.3 Å². The lowest BCUT2D eigenvalue weighted by Gasteiger charge is -2.42. The van der Waals surface area contributed by atoms with Crippen molar-refractivity contribution in [2.45, 2.75) is 89.0 Å². The Kier molecular flexibility index (Phi) is 7.96. The number of aliphatic hydroxyl groups is 3. The number of hydrogen-bond donors (Lipinski definition) is 3. The molecule has 0 radical (unpaired) electrons. The molecule has 3 aliphatic rings. The molecule has 0 aromatic rings. The van der Waals surface area contributed by atoms with Gasteiger partial charge >= 0.3 is 18.0 Å². The molecule has 9 heteroatoms. The molecular weight excluding hydrogens is 486 g/mol. The van der Waals surface area contributed by atoms with Crippen LogP contribution in [-0.2, 0) is 0 Å². The van der Waals surface area contributed by atoms with Gasteiger partial charge in [-0.2, -0.15) is 26.3 Å². The highest BCUT2D eigenvalue weighted by Crippen LogP contribution is 2.57. The number of allylic oxidation sites excluding steroid dienone is 5. The Morgan fingerprint density at radius 3 is 2.42 bits per heavy atom. The molecule has 0 aromatic heterocycles. The second-order valence-corrected chi connectivity index (χ2v) is 10.4. The van der Waals surface area contributed by atoms with Crippen LogP contribution >= 0.6 is 0 Å². The highest BCUT2D eigenvalue weighted by Gasteiger charge is 2.70. The Balaban J connectivity index is 1.78. The molecule has 0 bridgehead atoms. The van der Waals surface area contributed by atoms with Gasteiger partial charge in [0.2, 0.25) is 0 Å². The highest BCUT2D eigenvalue weighted by atomic mass is 19.4. The second kappa shape index (κ2) is 10.0.